The molecule has 1 aliphatic heterocycles. The van der Waals surface area contributed by atoms with Crippen LogP contribution in [0.2, 0.25) is 0 Å². The lowest BCUT2D eigenvalue weighted by Crippen LogP contribution is -2.61. The minimum absolute atomic E-state index is 0.0440. The average Bonchev–Trinajstić information content (AvgIpc) is 3.12. The molecule has 0 saturated heterocycles. The van der Waals surface area contributed by atoms with Crippen molar-refractivity contribution >= 4 is 17.8 Å². The molecular weight excluding hydrogens is 444 g/mol. The van der Waals surface area contributed by atoms with E-state index >= 15 is 0 Å². The van der Waals surface area contributed by atoms with Crippen molar-refractivity contribution in [1.29, 1.82) is 0 Å². The Morgan fingerprint density at radius 3 is 2.14 bits per heavy atom. The van der Waals surface area contributed by atoms with E-state index in [1.54, 1.807) is 43.3 Å². The molecule has 0 N–H and O–H groups in total. The molecule has 2 amide bonds. The molecule has 188 valence electrons. The maximum Gasteiger partial charge on any atom is 0.333 e. The number of imide groups is 1. The first-order valence-electron chi connectivity index (χ1n) is 12.4. The van der Waals surface area contributed by atoms with Gasteiger partial charge in [-0.15, -0.1) is 13.2 Å². The number of hydrogen-bond acceptors (Lipinski definition) is 6. The second-order valence-electron chi connectivity index (χ2n) is 8.77. The number of nitrogens with zero attached hydrogens (tertiary/aromatic N) is 2. The molecule has 0 fully saturated rings. The van der Waals surface area contributed by atoms with Crippen LogP contribution in [0.1, 0.15) is 60.7 Å². The number of ether oxygens (including phenoxy) is 2. The highest BCUT2D eigenvalue weighted by atomic mass is 16.5. The fraction of sp³-hybridized carbons (Fsp3) is 0.464. The van der Waals surface area contributed by atoms with Gasteiger partial charge in [0.2, 0.25) is 0 Å². The highest BCUT2D eigenvalue weighted by molar-refractivity contribution is 6.21. The Bertz CT molecular complexity index is 952. The van der Waals surface area contributed by atoms with Gasteiger partial charge in [0.25, 0.3) is 11.8 Å². The number of esters is 1. The fourth-order valence-electron chi connectivity index (χ4n) is 4.98. The molecule has 0 unspecified atom stereocenters. The van der Waals surface area contributed by atoms with E-state index in [1.807, 2.05) is 6.08 Å². The van der Waals surface area contributed by atoms with Crippen LogP contribution in [-0.4, -0.2) is 71.6 Å². The minimum Gasteiger partial charge on any atom is -0.463 e. The maximum absolute atomic E-state index is 13.5. The Kier molecular flexibility index (Phi) is 9.18. The van der Waals surface area contributed by atoms with Crippen LogP contribution in [0.3, 0.4) is 0 Å². The summed E-state index contributed by atoms with van der Waals surface area (Å²) in [7, 11) is 0. The summed E-state index contributed by atoms with van der Waals surface area (Å²) in [4.78, 5) is 43.3. The van der Waals surface area contributed by atoms with Crippen LogP contribution in [-0.2, 0) is 14.3 Å². The molecule has 1 aromatic carbocycles. The van der Waals surface area contributed by atoms with Gasteiger partial charge in [-0.25, -0.2) is 4.79 Å². The van der Waals surface area contributed by atoms with Gasteiger partial charge in [-0.1, -0.05) is 38.1 Å². The van der Waals surface area contributed by atoms with Crippen LogP contribution in [0, 0.1) is 0 Å². The normalized spacial score (nSPS) is 21.8. The van der Waals surface area contributed by atoms with Crippen LogP contribution < -0.4 is 0 Å². The predicted octanol–water partition coefficient (Wildman–Crippen LogP) is 4.16. The molecule has 0 saturated carbocycles. The monoisotopic (exact) mass is 480 g/mol. The minimum atomic E-state index is -0.633. The summed E-state index contributed by atoms with van der Waals surface area (Å²) in [5.74, 6) is -1.17. The first kappa shape index (κ1) is 26.6. The van der Waals surface area contributed by atoms with Gasteiger partial charge in [-0.3, -0.25) is 19.4 Å². The second kappa shape index (κ2) is 12.1. The smallest absolute Gasteiger partial charge is 0.333 e. The summed E-state index contributed by atoms with van der Waals surface area (Å²) >= 11 is 0. The van der Waals surface area contributed by atoms with Crippen molar-refractivity contribution in [3.05, 3.63) is 72.4 Å². The maximum atomic E-state index is 13.5. The molecule has 1 aliphatic carbocycles. The Morgan fingerprint density at radius 2 is 1.66 bits per heavy atom. The number of rotatable bonds is 12. The summed E-state index contributed by atoms with van der Waals surface area (Å²) in [6.45, 7) is 14.9. The fourth-order valence-corrected chi connectivity index (χ4v) is 4.98. The van der Waals surface area contributed by atoms with E-state index in [1.165, 1.54) is 4.90 Å². The molecule has 7 heteroatoms. The van der Waals surface area contributed by atoms with Gasteiger partial charge in [0.05, 0.1) is 42.0 Å². The van der Waals surface area contributed by atoms with Crippen LogP contribution in [0.4, 0.5) is 0 Å². The number of fused-ring (bicyclic) bond motifs is 1. The van der Waals surface area contributed by atoms with Crippen LogP contribution >= 0.6 is 0 Å². The van der Waals surface area contributed by atoms with Gasteiger partial charge < -0.3 is 9.47 Å². The van der Waals surface area contributed by atoms with E-state index in [4.69, 9.17) is 9.47 Å². The van der Waals surface area contributed by atoms with E-state index in [-0.39, 0.29) is 30.9 Å². The van der Waals surface area contributed by atoms with Crippen molar-refractivity contribution in [2.75, 3.05) is 19.7 Å². The molecular formula is C28H36N2O5. The van der Waals surface area contributed by atoms with Crippen molar-refractivity contribution < 1.29 is 23.9 Å². The van der Waals surface area contributed by atoms with Crippen molar-refractivity contribution in [1.82, 2.24) is 9.80 Å². The Balaban J connectivity index is 2.13. The van der Waals surface area contributed by atoms with E-state index < -0.39 is 24.2 Å². The van der Waals surface area contributed by atoms with Crippen molar-refractivity contribution in [2.45, 2.75) is 64.3 Å². The first-order chi connectivity index (χ1) is 16.9. The molecule has 0 radical (unpaired) electrons. The molecule has 0 aromatic heterocycles. The lowest BCUT2D eigenvalue weighted by atomic mass is 9.85. The van der Waals surface area contributed by atoms with Crippen molar-refractivity contribution in [3.63, 3.8) is 0 Å². The van der Waals surface area contributed by atoms with Gasteiger partial charge in [-0.2, -0.15) is 0 Å². The standard InChI is InChI=1S/C28H36N2O5/c1-6-15-29(16-7-2)25-23(30-26(31)21-13-11-12-14-22(21)27(30)32)17-19(28(33)34-10-5)18-24(25)35-20(8-3)9-4/h6-7,11-14,18,20,23-25H,1-2,8-10,15-17H2,3-5H3/t23-,24+,25+/m0/s1. The highest BCUT2D eigenvalue weighted by Crippen LogP contribution is 2.35. The summed E-state index contributed by atoms with van der Waals surface area (Å²) in [6.07, 6.45) is 6.56. The SMILES string of the molecule is C=CCN(CC=C)[C@H]1[C@H](OC(CC)CC)C=C(C(=O)OCC)C[C@@H]1N1C(=O)c2ccccc2C1=O. The number of amides is 2. The van der Waals surface area contributed by atoms with Crippen molar-refractivity contribution in [3.8, 4) is 0 Å². The van der Waals surface area contributed by atoms with Gasteiger partial charge >= 0.3 is 5.97 Å². The summed E-state index contributed by atoms with van der Waals surface area (Å²) in [5.41, 5.74) is 1.16. The zero-order chi connectivity index (χ0) is 25.5. The quantitative estimate of drug-likeness (QED) is 0.254. The third-order valence-corrected chi connectivity index (χ3v) is 6.63. The van der Waals surface area contributed by atoms with Gasteiger partial charge in [-0.05, 0) is 38.0 Å². The lowest BCUT2D eigenvalue weighted by Gasteiger charge is -2.46. The molecule has 7 nitrogen and oxygen atoms in total. The first-order valence-corrected chi connectivity index (χ1v) is 12.4. The molecule has 2 aliphatic rings. The summed E-state index contributed by atoms with van der Waals surface area (Å²) in [5, 5.41) is 0. The molecule has 0 bridgehead atoms. The van der Waals surface area contributed by atoms with Crippen molar-refractivity contribution in [2.24, 2.45) is 0 Å². The third kappa shape index (κ3) is 5.46. The zero-order valence-electron chi connectivity index (χ0n) is 20.9. The van der Waals surface area contributed by atoms with Gasteiger partial charge in [0.1, 0.15) is 0 Å². The third-order valence-electron chi connectivity index (χ3n) is 6.63. The highest BCUT2D eigenvalue weighted by Gasteiger charge is 2.49. The topological polar surface area (TPSA) is 76.2 Å². The molecule has 0 spiro atoms. The molecule has 1 aromatic rings. The Labute approximate surface area is 208 Å². The van der Waals surface area contributed by atoms with Crippen LogP contribution in [0.5, 0.6) is 0 Å². The summed E-state index contributed by atoms with van der Waals surface area (Å²) < 4.78 is 11.8. The Hall–Kier alpha value is -3.03. The van der Waals surface area contributed by atoms with Gasteiger partial charge in [0.15, 0.2) is 0 Å². The molecule has 3 atom stereocenters. The number of carbonyl (C=O) groups excluding carboxylic acids is 3. The summed E-state index contributed by atoms with van der Waals surface area (Å²) in [6, 6.07) is 5.79. The van der Waals surface area contributed by atoms with Crippen LogP contribution in [0.15, 0.2) is 61.2 Å². The van der Waals surface area contributed by atoms with Crippen LogP contribution in [0.25, 0.3) is 0 Å². The van der Waals surface area contributed by atoms with E-state index in [9.17, 15) is 14.4 Å². The second-order valence-corrected chi connectivity index (χ2v) is 8.77. The number of hydrogen-bond donors (Lipinski definition) is 0. The average molecular weight is 481 g/mol. The van der Waals surface area contributed by atoms with E-state index in [0.29, 0.717) is 29.8 Å². The van der Waals surface area contributed by atoms with Gasteiger partial charge in [0, 0.05) is 25.1 Å². The van der Waals surface area contributed by atoms with E-state index in [0.717, 1.165) is 12.8 Å². The molecule has 3 rings (SSSR count). The zero-order valence-corrected chi connectivity index (χ0v) is 20.9. The molecule has 35 heavy (non-hydrogen) atoms. The number of benzene rings is 1. The lowest BCUT2D eigenvalue weighted by molar-refractivity contribution is -0.139. The molecule has 1 heterocycles. The predicted molar refractivity (Wildman–Crippen MR) is 135 cm³/mol. The Morgan fingerprint density at radius 1 is 1.09 bits per heavy atom. The number of carbonyl (C=O) groups is 3. The van der Waals surface area contributed by atoms with E-state index in [2.05, 4.69) is 31.9 Å². The largest absolute Gasteiger partial charge is 0.463 e.